The number of nitrogens with zero attached hydrogens (tertiary/aromatic N) is 1. The predicted molar refractivity (Wildman–Crippen MR) is 77.0 cm³/mol. The van der Waals surface area contributed by atoms with Crippen LogP contribution in [0.3, 0.4) is 0 Å². The Morgan fingerprint density at radius 1 is 1.37 bits per heavy atom. The number of benzene rings is 1. The molecule has 1 N–H and O–H groups in total. The Morgan fingerprint density at radius 2 is 1.95 bits per heavy atom. The molecule has 0 radical (unpaired) electrons. The van der Waals surface area contributed by atoms with E-state index < -0.39 is 5.54 Å². The van der Waals surface area contributed by atoms with Gasteiger partial charge in [-0.3, -0.25) is 4.84 Å². The Morgan fingerprint density at radius 3 is 2.42 bits per heavy atom. The van der Waals surface area contributed by atoms with Gasteiger partial charge in [0.05, 0.1) is 19.2 Å². The summed E-state index contributed by atoms with van der Waals surface area (Å²) in [5.41, 5.74) is 0.490. The zero-order valence-electron chi connectivity index (χ0n) is 11.9. The number of rotatable bonds is 5. The first-order chi connectivity index (χ1) is 8.90. The number of carbonyl (C=O) groups is 1. The number of carbonyl (C=O) groups excluding carboxylic acids is 1. The minimum Gasteiger partial charge on any atom is -0.327 e. The Hall–Kier alpha value is -1.26. The van der Waals surface area contributed by atoms with Gasteiger partial charge in [-0.25, -0.2) is 9.86 Å². The van der Waals surface area contributed by atoms with Crippen molar-refractivity contribution < 1.29 is 9.63 Å². The van der Waals surface area contributed by atoms with Gasteiger partial charge >= 0.3 is 6.03 Å². The lowest BCUT2D eigenvalue weighted by Gasteiger charge is -2.30. The second-order valence-electron chi connectivity index (χ2n) is 4.85. The van der Waals surface area contributed by atoms with Crippen LogP contribution in [0.2, 0.25) is 5.02 Å². The third-order valence-electron chi connectivity index (χ3n) is 2.86. The molecular formula is C14H21ClN2O2. The normalized spacial score (nSPS) is 11.2. The summed E-state index contributed by atoms with van der Waals surface area (Å²) in [4.78, 5) is 17.1. The maximum Gasteiger partial charge on any atom is 0.341 e. The van der Waals surface area contributed by atoms with Crippen molar-refractivity contribution in [2.75, 3.05) is 13.7 Å². The number of hydroxylamine groups is 2. The SMILES string of the molecule is CCCN(OC)C(=O)NC(C)(C)c1ccc(Cl)cc1. The van der Waals surface area contributed by atoms with Crippen molar-refractivity contribution in [3.8, 4) is 0 Å². The number of amides is 2. The molecule has 106 valence electrons. The fourth-order valence-corrected chi connectivity index (χ4v) is 1.87. The first kappa shape index (κ1) is 15.8. The van der Waals surface area contributed by atoms with Crippen molar-refractivity contribution in [3.63, 3.8) is 0 Å². The Balaban J connectivity index is 2.78. The summed E-state index contributed by atoms with van der Waals surface area (Å²) < 4.78 is 0. The molecule has 0 saturated heterocycles. The highest BCUT2D eigenvalue weighted by Gasteiger charge is 2.25. The van der Waals surface area contributed by atoms with Crippen molar-refractivity contribution >= 4 is 17.6 Å². The largest absolute Gasteiger partial charge is 0.341 e. The lowest BCUT2D eigenvalue weighted by atomic mass is 9.94. The van der Waals surface area contributed by atoms with E-state index in [1.807, 2.05) is 45.0 Å². The minimum absolute atomic E-state index is 0.246. The molecule has 0 unspecified atom stereocenters. The van der Waals surface area contributed by atoms with E-state index in [9.17, 15) is 4.79 Å². The molecule has 0 bridgehead atoms. The molecule has 0 saturated carbocycles. The van der Waals surface area contributed by atoms with Gasteiger partial charge in [-0.1, -0.05) is 30.7 Å². The first-order valence-corrected chi connectivity index (χ1v) is 6.68. The van der Waals surface area contributed by atoms with Gasteiger partial charge in [-0.2, -0.15) is 0 Å². The van der Waals surface area contributed by atoms with Gasteiger partial charge in [0, 0.05) is 5.02 Å². The molecule has 0 aromatic heterocycles. The minimum atomic E-state index is -0.494. The van der Waals surface area contributed by atoms with Gasteiger partial charge < -0.3 is 5.32 Å². The smallest absolute Gasteiger partial charge is 0.327 e. The van der Waals surface area contributed by atoms with Crippen LogP contribution in [0.25, 0.3) is 0 Å². The lowest BCUT2D eigenvalue weighted by Crippen LogP contribution is -2.48. The second-order valence-corrected chi connectivity index (χ2v) is 5.28. The quantitative estimate of drug-likeness (QED) is 0.840. The van der Waals surface area contributed by atoms with Crippen molar-refractivity contribution in [1.82, 2.24) is 10.4 Å². The third-order valence-corrected chi connectivity index (χ3v) is 3.11. The van der Waals surface area contributed by atoms with Gasteiger partial charge in [0.25, 0.3) is 0 Å². The average Bonchev–Trinajstić information content (AvgIpc) is 2.35. The molecule has 4 nitrogen and oxygen atoms in total. The number of hydrogen-bond donors (Lipinski definition) is 1. The maximum atomic E-state index is 12.1. The topological polar surface area (TPSA) is 41.6 Å². The van der Waals surface area contributed by atoms with Gasteiger partial charge in [0.15, 0.2) is 0 Å². The van der Waals surface area contributed by atoms with E-state index >= 15 is 0 Å². The summed E-state index contributed by atoms with van der Waals surface area (Å²) in [7, 11) is 1.49. The van der Waals surface area contributed by atoms with Crippen LogP contribution in [0.4, 0.5) is 4.79 Å². The summed E-state index contributed by atoms with van der Waals surface area (Å²) in [5, 5.41) is 4.94. The standard InChI is InChI=1S/C14H21ClN2O2/c1-5-10-17(19-4)13(18)16-14(2,3)11-6-8-12(15)9-7-11/h6-9H,5,10H2,1-4H3,(H,16,18). The summed E-state index contributed by atoms with van der Waals surface area (Å²) in [6.07, 6.45) is 0.836. The van der Waals surface area contributed by atoms with Crippen LogP contribution in [0, 0.1) is 0 Å². The predicted octanol–water partition coefficient (Wildman–Crippen LogP) is 3.56. The molecule has 0 aliphatic rings. The molecular weight excluding hydrogens is 264 g/mol. The lowest BCUT2D eigenvalue weighted by molar-refractivity contribution is -0.0876. The summed E-state index contributed by atoms with van der Waals surface area (Å²) in [6.45, 7) is 6.42. The molecule has 1 aromatic rings. The van der Waals surface area contributed by atoms with Crippen LogP contribution in [-0.4, -0.2) is 24.7 Å². The van der Waals surface area contributed by atoms with Gasteiger partial charge in [0.1, 0.15) is 0 Å². The van der Waals surface area contributed by atoms with Gasteiger partial charge in [-0.05, 0) is 38.0 Å². The number of hydrogen-bond acceptors (Lipinski definition) is 2. The van der Waals surface area contributed by atoms with E-state index in [0.29, 0.717) is 11.6 Å². The van der Waals surface area contributed by atoms with Crippen molar-refractivity contribution in [1.29, 1.82) is 0 Å². The van der Waals surface area contributed by atoms with E-state index in [1.165, 1.54) is 12.2 Å². The average molecular weight is 285 g/mol. The van der Waals surface area contributed by atoms with E-state index in [-0.39, 0.29) is 6.03 Å². The summed E-state index contributed by atoms with van der Waals surface area (Å²) >= 11 is 5.87. The summed E-state index contributed by atoms with van der Waals surface area (Å²) in [6, 6.07) is 7.18. The van der Waals surface area contributed by atoms with E-state index in [0.717, 1.165) is 12.0 Å². The molecule has 0 spiro atoms. The van der Waals surface area contributed by atoms with Gasteiger partial charge in [0.2, 0.25) is 0 Å². The molecule has 5 heteroatoms. The molecule has 0 fully saturated rings. The number of nitrogens with one attached hydrogen (secondary N) is 1. The fourth-order valence-electron chi connectivity index (χ4n) is 1.75. The van der Waals surface area contributed by atoms with Crippen molar-refractivity contribution in [2.45, 2.75) is 32.7 Å². The molecule has 2 amide bonds. The fraction of sp³-hybridized carbons (Fsp3) is 0.500. The maximum absolute atomic E-state index is 12.1. The third kappa shape index (κ3) is 4.40. The Labute approximate surface area is 119 Å². The molecule has 0 atom stereocenters. The van der Waals surface area contributed by atoms with Crippen LogP contribution in [-0.2, 0) is 10.4 Å². The van der Waals surface area contributed by atoms with Crippen LogP contribution in [0.1, 0.15) is 32.8 Å². The number of urea groups is 1. The van der Waals surface area contributed by atoms with E-state index in [1.54, 1.807) is 0 Å². The zero-order chi connectivity index (χ0) is 14.5. The molecule has 0 heterocycles. The summed E-state index contributed by atoms with van der Waals surface area (Å²) in [5.74, 6) is 0. The highest BCUT2D eigenvalue weighted by molar-refractivity contribution is 6.30. The Kier molecular flexibility index (Phi) is 5.63. The second kappa shape index (κ2) is 6.78. The highest BCUT2D eigenvalue weighted by Crippen LogP contribution is 2.22. The van der Waals surface area contributed by atoms with Crippen molar-refractivity contribution in [2.24, 2.45) is 0 Å². The van der Waals surface area contributed by atoms with Gasteiger partial charge in [-0.15, -0.1) is 0 Å². The van der Waals surface area contributed by atoms with E-state index in [2.05, 4.69) is 5.32 Å². The molecule has 0 aliphatic carbocycles. The number of halogens is 1. The molecule has 19 heavy (non-hydrogen) atoms. The van der Waals surface area contributed by atoms with E-state index in [4.69, 9.17) is 16.4 Å². The van der Waals surface area contributed by atoms with Crippen molar-refractivity contribution in [3.05, 3.63) is 34.9 Å². The monoisotopic (exact) mass is 284 g/mol. The molecule has 0 aliphatic heterocycles. The van der Waals surface area contributed by atoms with Crippen LogP contribution in [0.5, 0.6) is 0 Å². The van der Waals surface area contributed by atoms with Crippen LogP contribution < -0.4 is 5.32 Å². The zero-order valence-corrected chi connectivity index (χ0v) is 12.6. The molecule has 1 aromatic carbocycles. The van der Waals surface area contributed by atoms with Crippen LogP contribution in [0.15, 0.2) is 24.3 Å². The highest BCUT2D eigenvalue weighted by atomic mass is 35.5. The first-order valence-electron chi connectivity index (χ1n) is 6.30. The van der Waals surface area contributed by atoms with Crippen LogP contribution >= 0.6 is 11.6 Å². The Bertz CT molecular complexity index is 418. The molecule has 1 rings (SSSR count).